The standard InChI is InChI=1S/C33H25NO4/c1-3-38-27-16-10-9-15-26(27)34-30(21-11-5-4-6-12-21)28-29(31(34)22-17-19-23(37-2)20-18-22)33(36)25-14-8-7-13-24(25)32(28)35/h4-20H,3H2,1-2H3. The Bertz CT molecular complexity index is 1680. The van der Waals surface area contributed by atoms with Crippen molar-refractivity contribution in [2.45, 2.75) is 6.92 Å². The Morgan fingerprint density at radius 1 is 0.632 bits per heavy atom. The molecule has 1 heterocycles. The summed E-state index contributed by atoms with van der Waals surface area (Å²) in [6.45, 7) is 2.41. The van der Waals surface area contributed by atoms with Gasteiger partial charge in [0.2, 0.25) is 0 Å². The van der Waals surface area contributed by atoms with Gasteiger partial charge in [-0.05, 0) is 54.4 Å². The van der Waals surface area contributed by atoms with E-state index in [4.69, 9.17) is 9.47 Å². The lowest BCUT2D eigenvalue weighted by Gasteiger charge is -2.18. The average Bonchev–Trinajstić information content (AvgIpc) is 3.33. The van der Waals surface area contributed by atoms with Gasteiger partial charge < -0.3 is 14.0 Å². The van der Waals surface area contributed by atoms with Gasteiger partial charge in [0, 0.05) is 11.1 Å². The fourth-order valence-electron chi connectivity index (χ4n) is 5.21. The van der Waals surface area contributed by atoms with Crippen molar-refractivity contribution in [2.24, 2.45) is 0 Å². The Kier molecular flexibility index (Phi) is 5.89. The van der Waals surface area contributed by atoms with Gasteiger partial charge in [0.25, 0.3) is 0 Å². The van der Waals surface area contributed by atoms with Crippen molar-refractivity contribution in [3.05, 3.63) is 125 Å². The van der Waals surface area contributed by atoms with E-state index < -0.39 is 0 Å². The Morgan fingerprint density at radius 3 is 1.74 bits per heavy atom. The van der Waals surface area contributed by atoms with Gasteiger partial charge in [-0.25, -0.2) is 0 Å². The molecule has 186 valence electrons. The summed E-state index contributed by atoms with van der Waals surface area (Å²) in [5.41, 5.74) is 5.28. The number of aromatic nitrogens is 1. The zero-order valence-electron chi connectivity index (χ0n) is 21.1. The predicted octanol–water partition coefficient (Wildman–Crippen LogP) is 6.99. The van der Waals surface area contributed by atoms with Crippen molar-refractivity contribution >= 4 is 11.6 Å². The molecule has 0 radical (unpaired) electrons. The highest BCUT2D eigenvalue weighted by Crippen LogP contribution is 2.46. The van der Waals surface area contributed by atoms with Crippen LogP contribution in [0.3, 0.4) is 0 Å². The number of carbonyl (C=O) groups excluding carboxylic acids is 2. The van der Waals surface area contributed by atoms with Crippen LogP contribution in [0.4, 0.5) is 0 Å². The number of ether oxygens (including phenoxy) is 2. The first kappa shape index (κ1) is 23.5. The smallest absolute Gasteiger partial charge is 0.196 e. The molecule has 0 saturated carbocycles. The van der Waals surface area contributed by atoms with E-state index in [0.29, 0.717) is 51.7 Å². The van der Waals surface area contributed by atoms with Crippen LogP contribution in [0.1, 0.15) is 38.8 Å². The maximum absolute atomic E-state index is 14.2. The normalized spacial score (nSPS) is 12.2. The molecule has 0 bridgehead atoms. The molecule has 1 aliphatic rings. The van der Waals surface area contributed by atoms with Gasteiger partial charge in [0.1, 0.15) is 11.5 Å². The number of fused-ring (bicyclic) bond motifs is 2. The molecule has 5 aromatic rings. The summed E-state index contributed by atoms with van der Waals surface area (Å²) in [6, 6.07) is 32.0. The van der Waals surface area contributed by atoms with Crippen molar-refractivity contribution in [3.8, 4) is 39.7 Å². The van der Waals surface area contributed by atoms with E-state index in [2.05, 4.69) is 0 Å². The minimum absolute atomic E-state index is 0.170. The molecule has 1 aliphatic carbocycles. The molecule has 6 rings (SSSR count). The molecule has 1 aromatic heterocycles. The molecular weight excluding hydrogens is 474 g/mol. The van der Waals surface area contributed by atoms with Crippen LogP contribution in [-0.4, -0.2) is 29.9 Å². The zero-order valence-corrected chi connectivity index (χ0v) is 21.1. The summed E-state index contributed by atoms with van der Waals surface area (Å²) in [5, 5.41) is 0. The fourth-order valence-corrected chi connectivity index (χ4v) is 5.21. The highest BCUT2D eigenvalue weighted by Gasteiger charge is 2.39. The van der Waals surface area contributed by atoms with Gasteiger partial charge in [-0.1, -0.05) is 66.7 Å². The Labute approximate surface area is 220 Å². The number of ketones is 2. The molecule has 0 unspecified atom stereocenters. The second-order valence-corrected chi connectivity index (χ2v) is 8.98. The van der Waals surface area contributed by atoms with E-state index in [-0.39, 0.29) is 11.6 Å². The number of nitrogens with zero attached hydrogens (tertiary/aromatic N) is 1. The van der Waals surface area contributed by atoms with Crippen LogP contribution < -0.4 is 9.47 Å². The van der Waals surface area contributed by atoms with Crippen LogP contribution in [-0.2, 0) is 0 Å². The molecule has 5 nitrogen and oxygen atoms in total. The second-order valence-electron chi connectivity index (χ2n) is 8.98. The number of carbonyl (C=O) groups is 2. The molecule has 4 aromatic carbocycles. The van der Waals surface area contributed by atoms with Gasteiger partial charge in [-0.2, -0.15) is 0 Å². The zero-order chi connectivity index (χ0) is 26.2. The van der Waals surface area contributed by atoms with E-state index in [1.165, 1.54) is 0 Å². The topological polar surface area (TPSA) is 57.5 Å². The number of hydrogen-bond acceptors (Lipinski definition) is 4. The quantitative estimate of drug-likeness (QED) is 0.248. The number of methoxy groups -OCH3 is 1. The van der Waals surface area contributed by atoms with Gasteiger partial charge in [0.15, 0.2) is 11.6 Å². The van der Waals surface area contributed by atoms with Crippen molar-refractivity contribution in [1.82, 2.24) is 4.57 Å². The van der Waals surface area contributed by atoms with Gasteiger partial charge in [0.05, 0.1) is 41.9 Å². The highest BCUT2D eigenvalue weighted by atomic mass is 16.5. The Hall–Kier alpha value is -4.90. The SMILES string of the molecule is CCOc1ccccc1-n1c(-c2ccccc2)c2c(c1-c1ccc(OC)cc1)C(=O)c1ccccc1C2=O. The lowest BCUT2D eigenvalue weighted by atomic mass is 9.83. The summed E-state index contributed by atoms with van der Waals surface area (Å²) < 4.78 is 13.4. The summed E-state index contributed by atoms with van der Waals surface area (Å²) in [4.78, 5) is 28.4. The molecular formula is C33H25NO4. The summed E-state index contributed by atoms with van der Waals surface area (Å²) in [7, 11) is 1.62. The number of hydrogen-bond donors (Lipinski definition) is 0. The molecule has 0 N–H and O–H groups in total. The fraction of sp³-hybridized carbons (Fsp3) is 0.0909. The van der Waals surface area contributed by atoms with Crippen molar-refractivity contribution < 1.29 is 19.1 Å². The van der Waals surface area contributed by atoms with Gasteiger partial charge >= 0.3 is 0 Å². The highest BCUT2D eigenvalue weighted by molar-refractivity contribution is 6.32. The number of benzene rings is 4. The molecule has 0 saturated heterocycles. The minimum atomic E-state index is -0.175. The minimum Gasteiger partial charge on any atom is -0.497 e. The van der Waals surface area contributed by atoms with Gasteiger partial charge in [-0.3, -0.25) is 9.59 Å². The lowest BCUT2D eigenvalue weighted by Crippen LogP contribution is -2.20. The molecule has 5 heteroatoms. The van der Waals surface area contributed by atoms with Crippen LogP contribution in [0.15, 0.2) is 103 Å². The third kappa shape index (κ3) is 3.63. The first-order valence-corrected chi connectivity index (χ1v) is 12.5. The van der Waals surface area contributed by atoms with E-state index in [9.17, 15) is 9.59 Å². The third-order valence-electron chi connectivity index (χ3n) is 6.86. The second kappa shape index (κ2) is 9.52. The lowest BCUT2D eigenvalue weighted by molar-refractivity contribution is 0.0981. The number of para-hydroxylation sites is 2. The molecule has 0 aliphatic heterocycles. The summed E-state index contributed by atoms with van der Waals surface area (Å²) >= 11 is 0. The Balaban J connectivity index is 1.80. The molecule has 38 heavy (non-hydrogen) atoms. The van der Waals surface area contributed by atoms with Crippen LogP contribution >= 0.6 is 0 Å². The predicted molar refractivity (Wildman–Crippen MR) is 148 cm³/mol. The Morgan fingerprint density at radius 2 is 1.16 bits per heavy atom. The molecule has 0 fully saturated rings. The molecule has 0 amide bonds. The van der Waals surface area contributed by atoms with Gasteiger partial charge in [-0.15, -0.1) is 0 Å². The van der Waals surface area contributed by atoms with E-state index in [1.807, 2.05) is 90.4 Å². The summed E-state index contributed by atoms with van der Waals surface area (Å²) in [6.07, 6.45) is 0. The monoisotopic (exact) mass is 499 g/mol. The van der Waals surface area contributed by atoms with E-state index in [0.717, 1.165) is 16.8 Å². The van der Waals surface area contributed by atoms with Crippen LogP contribution in [0.25, 0.3) is 28.2 Å². The van der Waals surface area contributed by atoms with Crippen LogP contribution in [0.2, 0.25) is 0 Å². The summed E-state index contributed by atoms with van der Waals surface area (Å²) in [5.74, 6) is 1.01. The van der Waals surface area contributed by atoms with E-state index >= 15 is 0 Å². The number of rotatable bonds is 6. The van der Waals surface area contributed by atoms with E-state index in [1.54, 1.807) is 31.4 Å². The largest absolute Gasteiger partial charge is 0.497 e. The maximum atomic E-state index is 14.2. The van der Waals surface area contributed by atoms with Crippen molar-refractivity contribution in [1.29, 1.82) is 0 Å². The molecule has 0 atom stereocenters. The first-order chi connectivity index (χ1) is 18.6. The van der Waals surface area contributed by atoms with Crippen molar-refractivity contribution in [3.63, 3.8) is 0 Å². The average molecular weight is 500 g/mol. The van der Waals surface area contributed by atoms with Crippen LogP contribution in [0, 0.1) is 0 Å². The van der Waals surface area contributed by atoms with Crippen LogP contribution in [0.5, 0.6) is 11.5 Å². The first-order valence-electron chi connectivity index (χ1n) is 12.5. The van der Waals surface area contributed by atoms with Crippen molar-refractivity contribution in [2.75, 3.05) is 13.7 Å². The maximum Gasteiger partial charge on any atom is 0.196 e. The molecule has 0 spiro atoms. The third-order valence-corrected chi connectivity index (χ3v) is 6.86.